The molecule has 34 heavy (non-hydrogen) atoms. The van der Waals surface area contributed by atoms with Gasteiger partial charge in [-0.15, -0.1) is 0 Å². The van der Waals surface area contributed by atoms with E-state index in [2.05, 4.69) is 65.5 Å². The number of nitrogens with one attached hydrogen (secondary N) is 3. The van der Waals surface area contributed by atoms with Crippen LogP contribution in [0.25, 0.3) is 0 Å². The molecule has 7 heteroatoms. The van der Waals surface area contributed by atoms with Gasteiger partial charge in [-0.25, -0.2) is 0 Å². The average Bonchev–Trinajstić information content (AvgIpc) is 3.16. The molecule has 1 unspecified atom stereocenters. The number of aliphatic hydroxyl groups is 1. The zero-order valence-corrected chi connectivity index (χ0v) is 21.0. The fourth-order valence-electron chi connectivity index (χ4n) is 6.19. The van der Waals surface area contributed by atoms with E-state index in [0.29, 0.717) is 18.8 Å². The quantitative estimate of drug-likeness (QED) is 0.415. The summed E-state index contributed by atoms with van der Waals surface area (Å²) in [6, 6.07) is 10.9. The molecular weight excluding hydrogens is 428 g/mol. The Morgan fingerprint density at radius 2 is 1.82 bits per heavy atom. The number of hydrazine groups is 1. The average molecular weight is 471 g/mol. The molecular formula is C27H42N4O3. The van der Waals surface area contributed by atoms with Gasteiger partial charge in [-0.1, -0.05) is 36.8 Å². The maximum atomic E-state index is 12.2. The summed E-state index contributed by atoms with van der Waals surface area (Å²) in [6.45, 7) is 1.83. The van der Waals surface area contributed by atoms with Gasteiger partial charge >= 0.3 is 0 Å². The second kappa shape index (κ2) is 10.1. The van der Waals surface area contributed by atoms with Crippen molar-refractivity contribution in [3.63, 3.8) is 0 Å². The summed E-state index contributed by atoms with van der Waals surface area (Å²) in [6.07, 6.45) is 9.27. The van der Waals surface area contributed by atoms with Gasteiger partial charge in [0.15, 0.2) is 0 Å². The van der Waals surface area contributed by atoms with E-state index in [1.807, 2.05) is 0 Å². The molecule has 1 aromatic rings. The Bertz CT molecular complexity index is 858. The number of carbonyl (C=O) groups is 2. The van der Waals surface area contributed by atoms with Crippen molar-refractivity contribution in [3.8, 4) is 0 Å². The Hall–Kier alpha value is -1.80. The summed E-state index contributed by atoms with van der Waals surface area (Å²) in [5.41, 5.74) is 7.36. The molecule has 2 aliphatic carbocycles. The van der Waals surface area contributed by atoms with Crippen molar-refractivity contribution in [2.24, 2.45) is 5.92 Å². The molecule has 0 radical (unpaired) electrons. The molecule has 4 N–H and O–H groups in total. The maximum Gasteiger partial charge on any atom is 0.287 e. The third-order valence-corrected chi connectivity index (χ3v) is 8.65. The van der Waals surface area contributed by atoms with Gasteiger partial charge in [0.25, 0.3) is 5.91 Å². The van der Waals surface area contributed by atoms with E-state index < -0.39 is 11.5 Å². The number of hydrogen-bond acceptors (Lipinski definition) is 6. The molecule has 1 aliphatic heterocycles. The van der Waals surface area contributed by atoms with E-state index in [9.17, 15) is 14.7 Å². The first-order valence-electron chi connectivity index (χ1n) is 12.9. The Morgan fingerprint density at radius 3 is 2.41 bits per heavy atom. The maximum absolute atomic E-state index is 12.2. The van der Waals surface area contributed by atoms with Crippen molar-refractivity contribution in [3.05, 3.63) is 35.9 Å². The third-order valence-electron chi connectivity index (χ3n) is 8.65. The van der Waals surface area contributed by atoms with Gasteiger partial charge in [-0.2, -0.15) is 0 Å². The first kappa shape index (κ1) is 25.3. The van der Waals surface area contributed by atoms with E-state index in [0.717, 1.165) is 51.4 Å². The SMILES string of the molecule is CN(C)C1(c2ccccc2)CCC2(CC1)C[C@@H](CC(C)(O)CNC(=O)C(=O)CC1CCC1)NN2. The van der Waals surface area contributed by atoms with Crippen LogP contribution in [0.4, 0.5) is 0 Å². The van der Waals surface area contributed by atoms with Gasteiger partial charge in [-0.3, -0.25) is 25.3 Å². The largest absolute Gasteiger partial charge is 0.388 e. The van der Waals surface area contributed by atoms with Gasteiger partial charge < -0.3 is 10.4 Å². The Labute approximate surface area is 204 Å². The van der Waals surface area contributed by atoms with E-state index >= 15 is 0 Å². The highest BCUT2D eigenvalue weighted by Crippen LogP contribution is 2.47. The second-order valence-electron chi connectivity index (χ2n) is 11.6. The van der Waals surface area contributed by atoms with Crippen molar-refractivity contribution < 1.29 is 14.7 Å². The topological polar surface area (TPSA) is 93.7 Å². The van der Waals surface area contributed by atoms with Crippen molar-refractivity contribution in [1.29, 1.82) is 0 Å². The third kappa shape index (κ3) is 5.54. The van der Waals surface area contributed by atoms with E-state index in [1.165, 1.54) is 5.56 Å². The number of ketones is 1. The van der Waals surface area contributed by atoms with E-state index in [1.54, 1.807) is 6.92 Å². The minimum Gasteiger partial charge on any atom is -0.388 e. The minimum atomic E-state index is -1.08. The molecule has 3 aliphatic rings. The highest BCUT2D eigenvalue weighted by atomic mass is 16.3. The van der Waals surface area contributed by atoms with Crippen LogP contribution in [-0.2, 0) is 15.1 Å². The van der Waals surface area contributed by atoms with Crippen LogP contribution < -0.4 is 16.2 Å². The number of carbonyl (C=O) groups excluding carboxylic acids is 2. The zero-order chi connectivity index (χ0) is 24.4. The summed E-state index contributed by atoms with van der Waals surface area (Å²) >= 11 is 0. The van der Waals surface area contributed by atoms with Gasteiger partial charge in [0.1, 0.15) is 0 Å². The first-order chi connectivity index (χ1) is 16.1. The predicted molar refractivity (Wildman–Crippen MR) is 133 cm³/mol. The van der Waals surface area contributed by atoms with E-state index in [4.69, 9.17) is 0 Å². The molecule has 1 heterocycles. The lowest BCUT2D eigenvalue weighted by atomic mass is 9.67. The van der Waals surface area contributed by atoms with Crippen molar-refractivity contribution in [2.75, 3.05) is 20.6 Å². The lowest BCUT2D eigenvalue weighted by molar-refractivity contribution is -0.139. The summed E-state index contributed by atoms with van der Waals surface area (Å²) in [5.74, 6) is -0.549. The van der Waals surface area contributed by atoms with Crippen LogP contribution in [0.2, 0.25) is 0 Å². The Balaban J connectivity index is 1.27. The normalized spacial score (nSPS) is 31.3. The first-order valence-corrected chi connectivity index (χ1v) is 12.9. The number of benzene rings is 1. The molecule has 4 rings (SSSR count). The van der Waals surface area contributed by atoms with E-state index in [-0.39, 0.29) is 29.4 Å². The van der Waals surface area contributed by atoms with Crippen LogP contribution in [0.5, 0.6) is 0 Å². The highest BCUT2D eigenvalue weighted by molar-refractivity contribution is 6.36. The van der Waals surface area contributed by atoms with Crippen LogP contribution in [-0.4, -0.2) is 59.5 Å². The van der Waals surface area contributed by atoms with Crippen LogP contribution in [0.15, 0.2) is 30.3 Å². The number of hydrogen-bond donors (Lipinski definition) is 4. The molecule has 1 amide bonds. The van der Waals surface area contributed by atoms with Gasteiger partial charge in [0.05, 0.1) is 5.60 Å². The van der Waals surface area contributed by atoms with Crippen molar-refractivity contribution in [1.82, 2.24) is 21.1 Å². The zero-order valence-electron chi connectivity index (χ0n) is 21.0. The lowest BCUT2D eigenvalue weighted by Crippen LogP contribution is -2.53. The smallest absolute Gasteiger partial charge is 0.287 e. The summed E-state index contributed by atoms with van der Waals surface area (Å²) in [7, 11) is 4.35. The fraction of sp³-hybridized carbons (Fsp3) is 0.704. The van der Waals surface area contributed by atoms with Crippen LogP contribution in [0, 0.1) is 5.92 Å². The molecule has 3 fully saturated rings. The summed E-state index contributed by atoms with van der Waals surface area (Å²) in [5, 5.41) is 13.6. The van der Waals surface area contributed by atoms with Crippen molar-refractivity contribution in [2.45, 2.75) is 93.9 Å². The molecule has 1 spiro atoms. The molecule has 1 aromatic carbocycles. The monoisotopic (exact) mass is 470 g/mol. The summed E-state index contributed by atoms with van der Waals surface area (Å²) in [4.78, 5) is 26.6. The minimum absolute atomic E-state index is 0.0248. The number of rotatable bonds is 9. The molecule has 0 bridgehead atoms. The Morgan fingerprint density at radius 1 is 1.15 bits per heavy atom. The standard InChI is InChI=1S/C27H42N4O3/c1-25(34,19-28-24(33)23(32)16-20-8-7-9-20)17-22-18-26(30-29-22)12-14-27(15-13-26,31(2)3)21-10-5-4-6-11-21/h4-6,10-11,20,22,29-30,34H,7-9,12-19H2,1-3H3,(H,28,33)/t22-,25?,26?,27?/m1/s1. The second-order valence-corrected chi connectivity index (χ2v) is 11.6. The van der Waals surface area contributed by atoms with Crippen molar-refractivity contribution >= 4 is 11.7 Å². The van der Waals surface area contributed by atoms with Crippen LogP contribution in [0.1, 0.15) is 76.7 Å². The van der Waals surface area contributed by atoms with Gasteiger partial charge in [0, 0.05) is 30.1 Å². The molecule has 0 aromatic heterocycles. The van der Waals surface area contributed by atoms with Gasteiger partial charge in [0.2, 0.25) is 5.78 Å². The fourth-order valence-corrected chi connectivity index (χ4v) is 6.19. The molecule has 2 saturated carbocycles. The molecule has 1 saturated heterocycles. The van der Waals surface area contributed by atoms with Crippen LogP contribution >= 0.6 is 0 Å². The molecule has 7 nitrogen and oxygen atoms in total. The predicted octanol–water partition coefficient (Wildman–Crippen LogP) is 2.64. The summed E-state index contributed by atoms with van der Waals surface area (Å²) < 4.78 is 0. The Kier molecular flexibility index (Phi) is 7.48. The lowest BCUT2D eigenvalue weighted by Gasteiger charge is -2.49. The number of amides is 1. The molecule has 2 atom stereocenters. The number of Topliss-reactive ketones (excluding diaryl/α,β-unsaturated/α-hetero) is 1. The van der Waals surface area contributed by atoms with Gasteiger partial charge in [-0.05, 0) is 83.9 Å². The highest BCUT2D eigenvalue weighted by Gasteiger charge is 2.48. The molecule has 188 valence electrons. The van der Waals surface area contributed by atoms with Crippen LogP contribution in [0.3, 0.4) is 0 Å². The number of nitrogens with zero attached hydrogens (tertiary/aromatic N) is 1.